The fraction of sp³-hybridized carbons (Fsp3) is 0.627. The molecule has 26 nitrogen and oxygen atoms in total. The molecule has 2 aliphatic heterocycles. The number of nitrogens with two attached hydrogens (primary N) is 1. The Labute approximate surface area is 618 Å². The molecule has 0 bridgehead atoms. The number of esters is 1. The van der Waals surface area contributed by atoms with E-state index in [1.54, 1.807) is 68.8 Å². The van der Waals surface area contributed by atoms with E-state index in [9.17, 15) is 75.0 Å². The summed E-state index contributed by atoms with van der Waals surface area (Å²) in [6.07, 6.45) is -1.77. The molecule has 0 saturated carbocycles. The second kappa shape index (κ2) is 41.8. The Balaban J connectivity index is 1.20. The van der Waals surface area contributed by atoms with Crippen molar-refractivity contribution in [3.63, 3.8) is 0 Å². The smallest absolute Gasteiger partial charge is 0.314 e. The lowest BCUT2D eigenvalue weighted by Gasteiger charge is -2.41. The third kappa shape index (κ3) is 24.4. The number of aliphatic hydroxyl groups excluding tert-OH is 1. The Morgan fingerprint density at radius 1 is 0.660 bits per heavy atom. The zero-order chi connectivity index (χ0) is 79.1. The molecule has 31 heteroatoms. The summed E-state index contributed by atoms with van der Waals surface area (Å²) in [7, 11) is 8.32. The van der Waals surface area contributed by atoms with Gasteiger partial charge in [0, 0.05) is 71.9 Å². The van der Waals surface area contributed by atoms with Crippen LogP contribution in [0.15, 0.2) is 54.6 Å². The third-order valence-corrected chi connectivity index (χ3v) is 19.9. The number of carbonyl (C=O) groups excluding carboxylic acids is 10. The molecule has 10 N–H and O–H groups in total. The summed E-state index contributed by atoms with van der Waals surface area (Å²) in [5.74, 6) is -21.9. The summed E-state index contributed by atoms with van der Waals surface area (Å²) in [6, 6.07) is 9.02. The van der Waals surface area contributed by atoms with Crippen molar-refractivity contribution in [1.29, 1.82) is 0 Å². The van der Waals surface area contributed by atoms with E-state index >= 15 is 0 Å². The van der Waals surface area contributed by atoms with Crippen LogP contribution in [0.5, 0.6) is 5.75 Å². The van der Waals surface area contributed by atoms with Crippen molar-refractivity contribution in [2.24, 2.45) is 41.2 Å². The first-order valence-corrected chi connectivity index (χ1v) is 36.4. The lowest BCUT2D eigenvalue weighted by molar-refractivity contribution is -0.148. The average molecular weight is 1500 g/mol. The van der Waals surface area contributed by atoms with Gasteiger partial charge in [-0.25, -0.2) is 13.2 Å². The number of ether oxygens (including phenoxy) is 3. The van der Waals surface area contributed by atoms with Gasteiger partial charge in [0.25, 0.3) is 0 Å². The number of benzene rings is 3. The van der Waals surface area contributed by atoms with Crippen molar-refractivity contribution in [3.8, 4) is 5.75 Å². The minimum absolute atomic E-state index is 0.00574. The number of piperidine rings is 1. The summed E-state index contributed by atoms with van der Waals surface area (Å²) < 4.78 is 86.4. The van der Waals surface area contributed by atoms with Gasteiger partial charge in [-0.15, -0.1) is 0 Å². The van der Waals surface area contributed by atoms with E-state index in [1.165, 1.54) is 19.1 Å². The molecular formula is C75H111F5N12O14. The van der Waals surface area contributed by atoms with Crippen LogP contribution in [0.2, 0.25) is 0 Å². The molecule has 0 radical (unpaired) electrons. The quantitative estimate of drug-likeness (QED) is 0.00642. The number of carbonyl (C=O) groups is 10. The predicted molar refractivity (Wildman–Crippen MR) is 385 cm³/mol. The van der Waals surface area contributed by atoms with Crippen LogP contribution in [0.25, 0.3) is 0 Å². The SMILES string of the molecule is CC[C@H](C)[C@@H]([C@@H](CC(=O)N1CCC[C@H]1[C@H](OC)[C@@H](C)C(=O)N[C@@H](Cc1ccccc1)C(=O)NCc1ccc(NC(=O)[C@H](CCCNC(N)O)NC(=O)[C@@H](NC(=O)CCC(=O)N2CC[C@H](C(=O)Oc3c(F)c(F)c(F)c(F)c3F)C[C@@H]2C)C(C)C)cc1)OC)N(C)C(=O)[C@@H](NC(=O)[C@H](C(C)C)N(C)C)C(C)C. The zero-order valence-electron chi connectivity index (χ0n) is 63.6. The van der Waals surface area contributed by atoms with Crippen LogP contribution >= 0.6 is 0 Å². The van der Waals surface area contributed by atoms with Crippen molar-refractivity contribution in [2.75, 3.05) is 60.3 Å². The highest BCUT2D eigenvalue weighted by Gasteiger charge is 2.45. The number of nitrogens with zero attached hydrogens (tertiary/aromatic N) is 4. The van der Waals surface area contributed by atoms with Gasteiger partial charge in [0.15, 0.2) is 6.35 Å². The normalized spacial score (nSPS) is 18.5. The summed E-state index contributed by atoms with van der Waals surface area (Å²) >= 11 is 0. The highest BCUT2D eigenvalue weighted by atomic mass is 19.2. The number of methoxy groups -OCH3 is 2. The Morgan fingerprint density at radius 3 is 1.83 bits per heavy atom. The van der Waals surface area contributed by atoms with Crippen molar-refractivity contribution in [1.82, 2.24) is 51.5 Å². The minimum Gasteiger partial charge on any atom is -0.420 e. The largest absolute Gasteiger partial charge is 0.420 e. The van der Waals surface area contributed by atoms with Crippen LogP contribution in [-0.2, 0) is 70.4 Å². The first-order valence-electron chi connectivity index (χ1n) is 36.4. The number of likely N-dealkylation sites (tertiary alicyclic amines) is 2. The number of aliphatic hydroxyl groups is 1. The highest BCUT2D eigenvalue weighted by molar-refractivity contribution is 5.99. The van der Waals surface area contributed by atoms with Crippen molar-refractivity contribution in [2.45, 2.75) is 213 Å². The fourth-order valence-corrected chi connectivity index (χ4v) is 13.9. The molecule has 2 saturated heterocycles. The maximum absolute atomic E-state index is 14.7. The molecule has 3 aromatic rings. The lowest BCUT2D eigenvalue weighted by Crippen LogP contribution is -2.59. The summed E-state index contributed by atoms with van der Waals surface area (Å²) in [5, 5.41) is 29.3. The van der Waals surface area contributed by atoms with Crippen molar-refractivity contribution < 1.29 is 89.2 Å². The van der Waals surface area contributed by atoms with Gasteiger partial charge < -0.3 is 65.9 Å². The number of nitrogens with one attached hydrogen (secondary N) is 7. The molecule has 590 valence electrons. The molecule has 0 spiro atoms. The van der Waals surface area contributed by atoms with E-state index in [1.807, 2.05) is 90.9 Å². The summed E-state index contributed by atoms with van der Waals surface area (Å²) in [6.45, 7) is 18.6. The predicted octanol–water partition coefficient (Wildman–Crippen LogP) is 5.55. The van der Waals surface area contributed by atoms with Gasteiger partial charge in [0.2, 0.25) is 88.0 Å². The molecule has 14 atom stereocenters. The van der Waals surface area contributed by atoms with E-state index in [0.717, 1.165) is 5.56 Å². The van der Waals surface area contributed by atoms with E-state index in [4.69, 9.17) is 15.2 Å². The summed E-state index contributed by atoms with van der Waals surface area (Å²) in [4.78, 5) is 146. The Hall–Kier alpha value is -8.23. The van der Waals surface area contributed by atoms with Gasteiger partial charge in [-0.05, 0) is 113 Å². The van der Waals surface area contributed by atoms with Crippen LogP contribution in [0.3, 0.4) is 0 Å². The van der Waals surface area contributed by atoms with Gasteiger partial charge in [-0.2, -0.15) is 8.78 Å². The van der Waals surface area contributed by atoms with Crippen molar-refractivity contribution in [3.05, 3.63) is 94.8 Å². The van der Waals surface area contributed by atoms with Gasteiger partial charge in [-0.1, -0.05) is 111 Å². The Bertz CT molecular complexity index is 3430. The van der Waals surface area contributed by atoms with Crippen molar-refractivity contribution >= 4 is 64.8 Å². The average Bonchev–Trinajstić information content (AvgIpc) is 0.894. The molecule has 2 aliphatic rings. The van der Waals surface area contributed by atoms with E-state index in [2.05, 4.69) is 42.0 Å². The fourth-order valence-electron chi connectivity index (χ4n) is 13.9. The molecule has 106 heavy (non-hydrogen) atoms. The molecule has 3 aromatic carbocycles. The topological polar surface area (TPSA) is 342 Å². The van der Waals surface area contributed by atoms with Crippen LogP contribution in [-0.4, -0.2) is 206 Å². The van der Waals surface area contributed by atoms with Crippen LogP contribution in [0, 0.1) is 64.6 Å². The van der Waals surface area contributed by atoms with Crippen LogP contribution in [0.1, 0.15) is 145 Å². The number of likely N-dealkylation sites (N-methyl/N-ethyl adjacent to an activating group) is 2. The number of amides is 9. The van der Waals surface area contributed by atoms with Gasteiger partial charge in [0.05, 0.1) is 48.6 Å². The molecular weight excluding hydrogens is 1390 g/mol. The highest BCUT2D eigenvalue weighted by Crippen LogP contribution is 2.34. The zero-order valence-corrected chi connectivity index (χ0v) is 63.6. The number of hydrogen-bond donors (Lipinski definition) is 9. The van der Waals surface area contributed by atoms with E-state index in [-0.39, 0.29) is 100 Å². The van der Waals surface area contributed by atoms with Crippen LogP contribution in [0.4, 0.5) is 27.6 Å². The second-order valence-electron chi connectivity index (χ2n) is 29.0. The molecule has 5 rings (SSSR count). The van der Waals surface area contributed by atoms with Gasteiger partial charge >= 0.3 is 5.97 Å². The number of hydrogen-bond acceptors (Lipinski definition) is 17. The number of halogens is 5. The second-order valence-corrected chi connectivity index (χ2v) is 29.0. The van der Waals surface area contributed by atoms with E-state index < -0.39 is 167 Å². The van der Waals surface area contributed by atoms with Gasteiger partial charge in [-0.3, -0.25) is 63.9 Å². The first-order chi connectivity index (χ1) is 50.0. The van der Waals surface area contributed by atoms with Crippen LogP contribution < -0.4 is 47.7 Å². The Morgan fingerprint density at radius 2 is 1.27 bits per heavy atom. The third-order valence-electron chi connectivity index (χ3n) is 19.9. The van der Waals surface area contributed by atoms with E-state index in [0.29, 0.717) is 37.1 Å². The molecule has 9 amide bonds. The minimum atomic E-state index is -2.42. The molecule has 0 aromatic heterocycles. The number of anilines is 1. The lowest BCUT2D eigenvalue weighted by atomic mass is 9.89. The first kappa shape index (κ1) is 88.4. The number of rotatable bonds is 39. The Kier molecular flexibility index (Phi) is 34.8. The molecule has 2 heterocycles. The van der Waals surface area contributed by atoms with Gasteiger partial charge in [0.1, 0.15) is 24.2 Å². The summed E-state index contributed by atoms with van der Waals surface area (Å²) in [5.41, 5.74) is 7.13. The monoisotopic (exact) mass is 1500 g/mol. The maximum Gasteiger partial charge on any atom is 0.314 e. The molecule has 2 fully saturated rings. The maximum atomic E-state index is 14.7. The standard InChI is InChI=1S/C75H111F5N12O14/c1-16-43(8)65(90(13)73(101)63(41(4)5)88-72(100)64(42(6)7)89(11)12)53(104-14)38-56(95)92-34-21-25-52(92)66(105-15)45(10)68(96)86-51(37-46-22-18-17-19-23-46)69(97)83-39-47-26-28-49(29-27-47)84-70(98)50(24-20-33-82-75(81)103)85-71(99)62(40(2)3)87-54(93)30-31-55(94)91-35-32-48(36-44(91)9)74(102)106-67-60(79)58(77)57(76)59(78)61(67)80/h17-19,22-23,26-29,40-45,48,50-53,62-66,75,82,103H,16,20-21,24-25,30-39,81H2,1-15H3,(H,83,97)(H,84,98)(H,85,99)(H,86,96)(H,87,93)(H,88,100)/t43-,44-,45+,48-,50-,51-,52-,53+,62-,63-,64-,65-,66+,75?/m0/s1. The molecule has 0 aliphatic carbocycles. The molecule has 1 unspecified atom stereocenters.